The van der Waals surface area contributed by atoms with E-state index in [0.29, 0.717) is 28.7 Å². The van der Waals surface area contributed by atoms with E-state index in [1.54, 1.807) is 43.3 Å². The number of aromatic nitrogens is 1. The molecule has 0 fully saturated rings. The van der Waals surface area contributed by atoms with Gasteiger partial charge < -0.3 is 14.2 Å². The van der Waals surface area contributed by atoms with E-state index in [0.717, 1.165) is 18.4 Å². The zero-order valence-corrected chi connectivity index (χ0v) is 13.8. The zero-order valence-electron chi connectivity index (χ0n) is 13.0. The van der Waals surface area contributed by atoms with Gasteiger partial charge >= 0.3 is 0 Å². The minimum Gasteiger partial charge on any atom is -0.495 e. The predicted octanol–water partition coefficient (Wildman–Crippen LogP) is 2.64. The van der Waals surface area contributed by atoms with Crippen molar-refractivity contribution in [1.82, 2.24) is 4.57 Å². The molecule has 0 bridgehead atoms. The van der Waals surface area contributed by atoms with Crippen molar-refractivity contribution in [3.8, 4) is 5.75 Å². The second kappa shape index (κ2) is 6.08. The zero-order chi connectivity index (χ0) is 16.6. The first-order valence-corrected chi connectivity index (χ1v) is 7.75. The van der Waals surface area contributed by atoms with Gasteiger partial charge in [0.05, 0.1) is 12.8 Å². The van der Waals surface area contributed by atoms with Crippen LogP contribution in [-0.4, -0.2) is 24.1 Å². The lowest BCUT2D eigenvalue weighted by Crippen LogP contribution is -2.38. The molecule has 0 aliphatic carbocycles. The molecule has 0 saturated heterocycles. The van der Waals surface area contributed by atoms with Gasteiger partial charge in [-0.2, -0.15) is 0 Å². The summed E-state index contributed by atoms with van der Waals surface area (Å²) in [5.41, 5.74) is 1.73. The summed E-state index contributed by atoms with van der Waals surface area (Å²) >= 11 is 6.29. The molecule has 3 rings (SSSR count). The van der Waals surface area contributed by atoms with E-state index in [2.05, 4.69) is 0 Å². The molecule has 1 aliphatic heterocycles. The highest BCUT2D eigenvalue weighted by Gasteiger charge is 2.29. The first-order chi connectivity index (χ1) is 11.0. The highest BCUT2D eigenvalue weighted by atomic mass is 35.5. The number of amides is 1. The van der Waals surface area contributed by atoms with Crippen molar-refractivity contribution in [2.75, 3.05) is 18.6 Å². The van der Waals surface area contributed by atoms with Gasteiger partial charge in [0, 0.05) is 24.7 Å². The first-order valence-electron chi connectivity index (χ1n) is 7.38. The Kier molecular flexibility index (Phi) is 4.13. The Balaban J connectivity index is 2.13. The van der Waals surface area contributed by atoms with Gasteiger partial charge in [-0.3, -0.25) is 9.59 Å². The number of hydrogen-bond acceptors (Lipinski definition) is 3. The summed E-state index contributed by atoms with van der Waals surface area (Å²) in [5.74, 6) is 0.380. The summed E-state index contributed by atoms with van der Waals surface area (Å²) in [4.78, 5) is 26.4. The van der Waals surface area contributed by atoms with Crippen LogP contribution in [0.4, 0.5) is 5.69 Å². The lowest BCUT2D eigenvalue weighted by atomic mass is 10.00. The molecule has 0 spiro atoms. The lowest BCUT2D eigenvalue weighted by Gasteiger charge is -2.31. The SMILES string of the molecule is COc1ccc(Cl)c2c1N(C(=O)c1cccc(=O)n1C)CCC2. The number of rotatable bonds is 2. The van der Waals surface area contributed by atoms with Crippen molar-refractivity contribution in [3.63, 3.8) is 0 Å². The van der Waals surface area contributed by atoms with Gasteiger partial charge in [-0.25, -0.2) is 0 Å². The summed E-state index contributed by atoms with van der Waals surface area (Å²) < 4.78 is 6.77. The van der Waals surface area contributed by atoms with Crippen LogP contribution in [0, 0.1) is 0 Å². The third kappa shape index (κ3) is 2.61. The third-order valence-corrected chi connectivity index (χ3v) is 4.49. The van der Waals surface area contributed by atoms with Crippen molar-refractivity contribution in [2.24, 2.45) is 7.05 Å². The van der Waals surface area contributed by atoms with Crippen LogP contribution in [-0.2, 0) is 13.5 Å². The monoisotopic (exact) mass is 332 g/mol. The molecule has 0 unspecified atom stereocenters. The van der Waals surface area contributed by atoms with Crippen molar-refractivity contribution in [2.45, 2.75) is 12.8 Å². The molecule has 5 nitrogen and oxygen atoms in total. The van der Waals surface area contributed by atoms with Gasteiger partial charge in [0.2, 0.25) is 0 Å². The number of carbonyl (C=O) groups is 1. The standard InChI is InChI=1S/C17H17ClN2O3/c1-19-13(6-3-7-15(19)21)17(22)20-10-4-5-11-12(18)8-9-14(23-2)16(11)20/h3,6-9H,4-5,10H2,1-2H3. The molecule has 120 valence electrons. The van der Waals surface area contributed by atoms with Gasteiger partial charge in [0.15, 0.2) is 0 Å². The topological polar surface area (TPSA) is 51.5 Å². The first kappa shape index (κ1) is 15.6. The Morgan fingerprint density at radius 1 is 1.26 bits per heavy atom. The molecule has 0 saturated carbocycles. The molecule has 0 N–H and O–H groups in total. The summed E-state index contributed by atoms with van der Waals surface area (Å²) in [6.07, 6.45) is 1.61. The molecular formula is C17H17ClN2O3. The molecule has 6 heteroatoms. The second-order valence-electron chi connectivity index (χ2n) is 5.45. The van der Waals surface area contributed by atoms with E-state index >= 15 is 0 Å². The highest BCUT2D eigenvalue weighted by molar-refractivity contribution is 6.32. The normalized spacial score (nSPS) is 13.6. The van der Waals surface area contributed by atoms with E-state index < -0.39 is 0 Å². The molecule has 1 amide bonds. The van der Waals surface area contributed by atoms with Crippen LogP contribution in [0.25, 0.3) is 0 Å². The van der Waals surface area contributed by atoms with Gasteiger partial charge in [-0.1, -0.05) is 17.7 Å². The number of hydrogen-bond donors (Lipinski definition) is 0. The molecule has 0 radical (unpaired) electrons. The maximum absolute atomic E-state index is 13.0. The van der Waals surface area contributed by atoms with Gasteiger partial charge in [0.25, 0.3) is 11.5 Å². The fourth-order valence-corrected chi connectivity index (χ4v) is 3.18. The fourth-order valence-electron chi connectivity index (χ4n) is 2.93. The Labute approximate surface area is 139 Å². The Morgan fingerprint density at radius 2 is 2.04 bits per heavy atom. The molecule has 2 aromatic rings. The number of methoxy groups -OCH3 is 1. The highest BCUT2D eigenvalue weighted by Crippen LogP contribution is 2.40. The van der Waals surface area contributed by atoms with Crippen molar-refractivity contribution >= 4 is 23.2 Å². The summed E-state index contributed by atoms with van der Waals surface area (Å²) in [6, 6.07) is 8.21. The molecular weight excluding hydrogens is 316 g/mol. The van der Waals surface area contributed by atoms with E-state index in [4.69, 9.17) is 16.3 Å². The number of halogens is 1. The van der Waals surface area contributed by atoms with Crippen LogP contribution in [0.1, 0.15) is 22.5 Å². The minimum atomic E-state index is -0.230. The number of anilines is 1. The maximum Gasteiger partial charge on any atom is 0.275 e. The van der Waals surface area contributed by atoms with Crippen LogP contribution in [0.5, 0.6) is 5.75 Å². The average molecular weight is 333 g/mol. The van der Waals surface area contributed by atoms with Crippen LogP contribution in [0.2, 0.25) is 5.02 Å². The Hall–Kier alpha value is -2.27. The minimum absolute atomic E-state index is 0.217. The predicted molar refractivity (Wildman–Crippen MR) is 89.7 cm³/mol. The van der Waals surface area contributed by atoms with Crippen LogP contribution >= 0.6 is 11.6 Å². The maximum atomic E-state index is 13.0. The molecule has 0 atom stereocenters. The van der Waals surface area contributed by atoms with Crippen LogP contribution < -0.4 is 15.2 Å². The Morgan fingerprint density at radius 3 is 2.78 bits per heavy atom. The van der Waals surface area contributed by atoms with E-state index in [9.17, 15) is 9.59 Å². The van der Waals surface area contributed by atoms with Gasteiger partial charge in [-0.15, -0.1) is 0 Å². The third-order valence-electron chi connectivity index (χ3n) is 4.14. The summed E-state index contributed by atoms with van der Waals surface area (Å²) in [6.45, 7) is 0.561. The van der Waals surface area contributed by atoms with Crippen molar-refractivity contribution in [3.05, 3.63) is 57.0 Å². The van der Waals surface area contributed by atoms with E-state index in [1.165, 1.54) is 10.6 Å². The summed E-state index contributed by atoms with van der Waals surface area (Å²) in [5, 5.41) is 0.625. The van der Waals surface area contributed by atoms with Gasteiger partial charge in [0.1, 0.15) is 11.4 Å². The second-order valence-corrected chi connectivity index (χ2v) is 5.85. The number of pyridine rings is 1. The fraction of sp³-hybridized carbons (Fsp3) is 0.294. The average Bonchev–Trinajstić information content (AvgIpc) is 2.57. The number of carbonyl (C=O) groups excluding carboxylic acids is 1. The molecule has 2 heterocycles. The van der Waals surface area contributed by atoms with Crippen LogP contribution in [0.3, 0.4) is 0 Å². The molecule has 1 aromatic heterocycles. The summed E-state index contributed by atoms with van der Waals surface area (Å²) in [7, 11) is 3.16. The smallest absolute Gasteiger partial charge is 0.275 e. The van der Waals surface area contributed by atoms with E-state index in [1.807, 2.05) is 0 Å². The quantitative estimate of drug-likeness (QED) is 0.849. The molecule has 1 aromatic carbocycles. The Bertz CT molecular complexity index is 829. The lowest BCUT2D eigenvalue weighted by molar-refractivity contribution is 0.0975. The number of ether oxygens (including phenoxy) is 1. The number of nitrogens with zero attached hydrogens (tertiary/aromatic N) is 2. The molecule has 23 heavy (non-hydrogen) atoms. The van der Waals surface area contributed by atoms with E-state index in [-0.39, 0.29) is 11.5 Å². The van der Waals surface area contributed by atoms with Crippen LogP contribution in [0.15, 0.2) is 35.1 Å². The van der Waals surface area contributed by atoms with Gasteiger partial charge in [-0.05, 0) is 36.6 Å². The number of fused-ring (bicyclic) bond motifs is 1. The molecule has 1 aliphatic rings. The largest absolute Gasteiger partial charge is 0.495 e. The number of benzene rings is 1. The van der Waals surface area contributed by atoms with Crippen molar-refractivity contribution < 1.29 is 9.53 Å². The van der Waals surface area contributed by atoms with Crippen molar-refractivity contribution in [1.29, 1.82) is 0 Å².